The van der Waals surface area contributed by atoms with E-state index in [0.717, 1.165) is 11.8 Å². The third-order valence-electron chi connectivity index (χ3n) is 6.37. The molecule has 3 N–H and O–H groups in total. The molecule has 11 heteroatoms. The Kier molecular flexibility index (Phi) is 6.19. The van der Waals surface area contributed by atoms with Gasteiger partial charge in [0.2, 0.25) is 0 Å². The third-order valence-corrected chi connectivity index (χ3v) is 6.37. The number of nitrogens with zero attached hydrogens (tertiary/aromatic N) is 2. The summed E-state index contributed by atoms with van der Waals surface area (Å²) in [6.07, 6.45) is -3.08. The van der Waals surface area contributed by atoms with Crippen LogP contribution in [0.2, 0.25) is 0 Å². The fraction of sp³-hybridized carbons (Fsp3) is 0.440. The van der Waals surface area contributed by atoms with E-state index in [9.17, 15) is 18.0 Å². The summed E-state index contributed by atoms with van der Waals surface area (Å²) >= 11 is 0. The summed E-state index contributed by atoms with van der Waals surface area (Å²) in [7, 11) is 0. The summed E-state index contributed by atoms with van der Waals surface area (Å²) in [5.41, 5.74) is 1.65. The summed E-state index contributed by atoms with van der Waals surface area (Å²) in [5, 5.41) is 6.18. The number of rotatable bonds is 5. The minimum absolute atomic E-state index is 0.00806. The zero-order valence-corrected chi connectivity index (χ0v) is 20.3. The molecule has 0 bridgehead atoms. The van der Waals surface area contributed by atoms with E-state index in [1.165, 1.54) is 0 Å². The molecular formula is C25H28F3N5O3. The van der Waals surface area contributed by atoms with Gasteiger partial charge in [-0.25, -0.2) is 4.98 Å². The smallest absolute Gasteiger partial charge is 0.418 e. The van der Waals surface area contributed by atoms with Crippen LogP contribution in [-0.2, 0) is 17.3 Å². The normalized spacial score (nSPS) is 19.8. The molecule has 36 heavy (non-hydrogen) atoms. The van der Waals surface area contributed by atoms with Crippen LogP contribution in [0.4, 0.5) is 30.4 Å². The number of alkyl halides is 3. The summed E-state index contributed by atoms with van der Waals surface area (Å²) in [6.45, 7) is 7.62. The first-order valence-electron chi connectivity index (χ1n) is 12.0. The van der Waals surface area contributed by atoms with E-state index < -0.39 is 11.7 Å². The number of H-pyrrole nitrogens is 1. The Bertz CT molecular complexity index is 1300. The molecule has 0 aliphatic carbocycles. The lowest BCUT2D eigenvalue weighted by atomic mass is 10.0. The van der Waals surface area contributed by atoms with Gasteiger partial charge in [0, 0.05) is 55.1 Å². The summed E-state index contributed by atoms with van der Waals surface area (Å²) < 4.78 is 52.1. The van der Waals surface area contributed by atoms with Gasteiger partial charge in [0.15, 0.2) is 0 Å². The highest BCUT2D eigenvalue weighted by molar-refractivity contribution is 5.98. The number of aromatic nitrogens is 2. The fourth-order valence-corrected chi connectivity index (χ4v) is 5.00. The molecule has 4 heterocycles. The minimum Gasteiger partial charge on any atom is -0.491 e. The highest BCUT2D eigenvalue weighted by Gasteiger charge is 2.35. The first kappa shape index (κ1) is 24.2. The van der Waals surface area contributed by atoms with E-state index in [1.807, 2.05) is 25.7 Å². The highest BCUT2D eigenvalue weighted by Crippen LogP contribution is 2.41. The molecule has 0 radical (unpaired) electrons. The Hall–Kier alpha value is -3.47. The van der Waals surface area contributed by atoms with E-state index in [4.69, 9.17) is 9.47 Å². The molecule has 192 valence electrons. The Labute approximate surface area is 206 Å². The molecule has 2 atom stereocenters. The van der Waals surface area contributed by atoms with Gasteiger partial charge in [-0.15, -0.1) is 0 Å². The lowest BCUT2D eigenvalue weighted by Crippen LogP contribution is -2.48. The lowest BCUT2D eigenvalue weighted by Gasteiger charge is -2.35. The SMILES string of the molecule is CCNc1cc(Nc2ccc(C(=O)N3C[C@@H](C)O[C@@H](C)C3)c3c2OCC3)nc2[nH]cc(C(F)(F)F)c12. The first-order chi connectivity index (χ1) is 17.2. The van der Waals surface area contributed by atoms with Crippen molar-refractivity contribution in [2.75, 3.05) is 36.9 Å². The number of fused-ring (bicyclic) bond motifs is 2. The van der Waals surface area contributed by atoms with Gasteiger partial charge >= 0.3 is 6.18 Å². The average Bonchev–Trinajstić information content (AvgIpc) is 3.46. The number of carbonyl (C=O) groups excluding carboxylic acids is 1. The Morgan fingerprint density at radius 2 is 1.97 bits per heavy atom. The second-order valence-corrected chi connectivity index (χ2v) is 9.17. The molecule has 2 aliphatic heterocycles. The molecule has 0 unspecified atom stereocenters. The maximum Gasteiger partial charge on any atom is 0.418 e. The molecule has 2 aromatic heterocycles. The van der Waals surface area contributed by atoms with Crippen molar-refractivity contribution in [3.8, 4) is 5.75 Å². The Morgan fingerprint density at radius 1 is 1.22 bits per heavy atom. The van der Waals surface area contributed by atoms with E-state index in [-0.39, 0.29) is 29.1 Å². The zero-order valence-electron chi connectivity index (χ0n) is 20.3. The van der Waals surface area contributed by atoms with Crippen molar-refractivity contribution in [1.82, 2.24) is 14.9 Å². The molecule has 8 nitrogen and oxygen atoms in total. The van der Waals surface area contributed by atoms with Gasteiger partial charge in [-0.1, -0.05) is 0 Å². The van der Waals surface area contributed by atoms with Crippen LogP contribution in [0.5, 0.6) is 5.75 Å². The van der Waals surface area contributed by atoms with Crippen molar-refractivity contribution in [3.63, 3.8) is 0 Å². The number of ether oxygens (including phenoxy) is 2. The number of amides is 1. The van der Waals surface area contributed by atoms with Crippen molar-refractivity contribution in [2.45, 2.75) is 45.6 Å². The van der Waals surface area contributed by atoms with Crippen molar-refractivity contribution in [2.24, 2.45) is 0 Å². The number of nitrogens with one attached hydrogen (secondary N) is 3. The highest BCUT2D eigenvalue weighted by atomic mass is 19.4. The van der Waals surface area contributed by atoms with Gasteiger partial charge in [0.25, 0.3) is 5.91 Å². The number of carbonyl (C=O) groups is 1. The van der Waals surface area contributed by atoms with Gasteiger partial charge in [-0.3, -0.25) is 4.79 Å². The van der Waals surface area contributed by atoms with Gasteiger partial charge in [-0.05, 0) is 32.9 Å². The van der Waals surface area contributed by atoms with E-state index in [1.54, 1.807) is 18.2 Å². The van der Waals surface area contributed by atoms with Crippen LogP contribution in [0.15, 0.2) is 24.4 Å². The predicted octanol–water partition coefficient (Wildman–Crippen LogP) is 4.94. The molecule has 1 fully saturated rings. The maximum absolute atomic E-state index is 13.5. The minimum atomic E-state index is -4.51. The van der Waals surface area contributed by atoms with Crippen LogP contribution in [0.1, 0.15) is 42.3 Å². The number of halogens is 3. The van der Waals surface area contributed by atoms with Crippen LogP contribution in [0, 0.1) is 0 Å². The van der Waals surface area contributed by atoms with Crippen LogP contribution in [-0.4, -0.2) is 59.2 Å². The monoisotopic (exact) mass is 503 g/mol. The zero-order chi connectivity index (χ0) is 25.6. The van der Waals surface area contributed by atoms with Crippen LogP contribution >= 0.6 is 0 Å². The number of benzene rings is 1. The molecule has 1 saturated heterocycles. The molecule has 0 saturated carbocycles. The fourth-order valence-electron chi connectivity index (χ4n) is 5.00. The van der Waals surface area contributed by atoms with Gasteiger partial charge < -0.3 is 30.0 Å². The van der Waals surface area contributed by atoms with Crippen molar-refractivity contribution >= 4 is 34.1 Å². The summed E-state index contributed by atoms with van der Waals surface area (Å²) in [6, 6.07) is 5.06. The largest absolute Gasteiger partial charge is 0.491 e. The van der Waals surface area contributed by atoms with Crippen molar-refractivity contribution in [1.29, 1.82) is 0 Å². The average molecular weight is 504 g/mol. The van der Waals surface area contributed by atoms with Gasteiger partial charge in [-0.2, -0.15) is 13.2 Å². The van der Waals surface area contributed by atoms with Crippen LogP contribution in [0.25, 0.3) is 11.0 Å². The second kappa shape index (κ2) is 9.20. The Morgan fingerprint density at radius 3 is 2.67 bits per heavy atom. The number of pyridine rings is 1. The van der Waals surface area contributed by atoms with Gasteiger partial charge in [0.05, 0.1) is 35.5 Å². The van der Waals surface area contributed by atoms with E-state index >= 15 is 0 Å². The van der Waals surface area contributed by atoms with E-state index in [2.05, 4.69) is 20.6 Å². The predicted molar refractivity (Wildman–Crippen MR) is 130 cm³/mol. The maximum atomic E-state index is 13.5. The molecule has 5 rings (SSSR count). The van der Waals surface area contributed by atoms with Crippen molar-refractivity contribution in [3.05, 3.63) is 41.1 Å². The number of hydrogen-bond donors (Lipinski definition) is 3. The van der Waals surface area contributed by atoms with Crippen LogP contribution in [0.3, 0.4) is 0 Å². The molecule has 0 spiro atoms. The lowest BCUT2D eigenvalue weighted by molar-refractivity contribution is -0.136. The Balaban J connectivity index is 1.48. The molecule has 1 amide bonds. The molecule has 2 aliphatic rings. The summed E-state index contributed by atoms with van der Waals surface area (Å²) in [4.78, 5) is 22.2. The van der Waals surface area contributed by atoms with Gasteiger partial charge in [0.1, 0.15) is 17.2 Å². The van der Waals surface area contributed by atoms with Crippen LogP contribution < -0.4 is 15.4 Å². The number of morpholine rings is 1. The molecule has 1 aromatic carbocycles. The quantitative estimate of drug-likeness (QED) is 0.457. The van der Waals surface area contributed by atoms with Crippen molar-refractivity contribution < 1.29 is 27.4 Å². The number of anilines is 3. The number of aromatic amines is 1. The third kappa shape index (κ3) is 4.43. The van der Waals surface area contributed by atoms with E-state index in [0.29, 0.717) is 61.2 Å². The molecule has 3 aromatic rings. The summed E-state index contributed by atoms with van der Waals surface area (Å²) in [5.74, 6) is 0.844. The molecular weight excluding hydrogens is 475 g/mol. The first-order valence-corrected chi connectivity index (χ1v) is 12.0. The standard InChI is InChI=1S/C25H28F3N5O3/c1-4-29-19-9-20(32-23-21(19)17(10-30-23)25(26,27)28)31-18-6-5-16(15-7-8-35-22(15)18)24(34)33-11-13(2)36-14(3)12-33/h5-6,9-10,13-14H,4,7-8,11-12H2,1-3H3,(H3,29,30,31,32)/t13-,14+. The number of hydrogen-bond acceptors (Lipinski definition) is 6. The topological polar surface area (TPSA) is 91.5 Å². The second-order valence-electron chi connectivity index (χ2n) is 9.17.